The Labute approximate surface area is 189 Å². The molecular formula is C21H25N3OS4. The van der Waals surface area contributed by atoms with Gasteiger partial charge in [-0.3, -0.25) is 4.79 Å². The summed E-state index contributed by atoms with van der Waals surface area (Å²) in [5, 5.41) is 4.83. The molecule has 0 spiro atoms. The van der Waals surface area contributed by atoms with Crippen LogP contribution in [0.4, 0.5) is 5.69 Å². The van der Waals surface area contributed by atoms with Crippen LogP contribution >= 0.6 is 46.6 Å². The van der Waals surface area contributed by atoms with E-state index in [9.17, 15) is 4.79 Å². The number of para-hydroxylation sites is 1. The lowest BCUT2D eigenvalue weighted by atomic mass is 10.3. The summed E-state index contributed by atoms with van der Waals surface area (Å²) in [6, 6.07) is 10.1. The first kappa shape index (κ1) is 22.5. The van der Waals surface area contributed by atoms with Gasteiger partial charge < -0.3 is 5.32 Å². The number of carbonyl (C=O) groups excluding carboxylic acids is 1. The molecule has 0 saturated heterocycles. The van der Waals surface area contributed by atoms with E-state index in [1.54, 1.807) is 34.9 Å². The SMILES string of the molecule is Cc1cc(SC(C)C)c(NC(=O)CSc2nc3ccccc3s2)c(SC(C)C)n1. The lowest BCUT2D eigenvalue weighted by Gasteiger charge is -2.17. The largest absolute Gasteiger partial charge is 0.322 e. The van der Waals surface area contributed by atoms with Gasteiger partial charge >= 0.3 is 0 Å². The van der Waals surface area contributed by atoms with Gasteiger partial charge in [-0.25, -0.2) is 9.97 Å². The summed E-state index contributed by atoms with van der Waals surface area (Å²) in [4.78, 5) is 23.1. The number of aryl methyl sites for hydroxylation is 1. The number of nitrogens with zero attached hydrogens (tertiary/aromatic N) is 2. The van der Waals surface area contributed by atoms with E-state index in [4.69, 9.17) is 4.98 Å². The number of fused-ring (bicyclic) bond motifs is 1. The van der Waals surface area contributed by atoms with E-state index in [1.807, 2.05) is 25.1 Å². The van der Waals surface area contributed by atoms with Gasteiger partial charge in [0.2, 0.25) is 5.91 Å². The number of aromatic nitrogens is 2. The molecule has 29 heavy (non-hydrogen) atoms. The minimum absolute atomic E-state index is 0.0314. The first-order valence-corrected chi connectivity index (χ1v) is 13.0. The molecule has 1 aromatic carbocycles. The second kappa shape index (κ2) is 10.2. The molecular weight excluding hydrogens is 439 g/mol. The van der Waals surface area contributed by atoms with Crippen molar-refractivity contribution >= 4 is 68.4 Å². The van der Waals surface area contributed by atoms with E-state index < -0.39 is 0 Å². The molecule has 154 valence electrons. The molecule has 0 aliphatic carbocycles. The average molecular weight is 464 g/mol. The Hall–Kier alpha value is -1.22. The topological polar surface area (TPSA) is 54.9 Å². The van der Waals surface area contributed by atoms with Crippen LogP contribution in [-0.4, -0.2) is 32.1 Å². The zero-order valence-electron chi connectivity index (χ0n) is 17.2. The molecule has 8 heteroatoms. The fraction of sp³-hybridized carbons (Fsp3) is 0.381. The number of pyridine rings is 1. The Morgan fingerprint density at radius 1 is 1.10 bits per heavy atom. The van der Waals surface area contributed by atoms with Gasteiger partial charge in [-0.2, -0.15) is 0 Å². The molecule has 1 amide bonds. The minimum atomic E-state index is -0.0314. The van der Waals surface area contributed by atoms with Gasteiger partial charge in [0.05, 0.1) is 21.7 Å². The van der Waals surface area contributed by atoms with Crippen LogP contribution in [0.15, 0.2) is 44.6 Å². The van der Waals surface area contributed by atoms with Crippen LogP contribution < -0.4 is 5.32 Å². The van der Waals surface area contributed by atoms with Crippen molar-refractivity contribution in [3.8, 4) is 0 Å². The van der Waals surface area contributed by atoms with Crippen molar-refractivity contribution < 1.29 is 4.79 Å². The maximum Gasteiger partial charge on any atom is 0.234 e. The third-order valence-electron chi connectivity index (χ3n) is 3.65. The van der Waals surface area contributed by atoms with Gasteiger partial charge in [-0.1, -0.05) is 51.6 Å². The Balaban J connectivity index is 1.76. The first-order chi connectivity index (χ1) is 13.8. The second-order valence-corrected chi connectivity index (χ2v) is 12.5. The highest BCUT2D eigenvalue weighted by atomic mass is 32.2. The van der Waals surface area contributed by atoms with Gasteiger partial charge in [0.25, 0.3) is 0 Å². The van der Waals surface area contributed by atoms with E-state index in [1.165, 1.54) is 11.8 Å². The zero-order chi connectivity index (χ0) is 21.0. The highest BCUT2D eigenvalue weighted by molar-refractivity contribution is 8.01. The monoisotopic (exact) mass is 463 g/mol. The van der Waals surface area contributed by atoms with Crippen LogP contribution in [0.25, 0.3) is 10.2 Å². The van der Waals surface area contributed by atoms with Crippen LogP contribution in [0, 0.1) is 6.92 Å². The predicted molar refractivity (Wildman–Crippen MR) is 130 cm³/mol. The number of amides is 1. The molecule has 4 nitrogen and oxygen atoms in total. The Morgan fingerprint density at radius 2 is 1.83 bits per heavy atom. The Morgan fingerprint density at radius 3 is 2.52 bits per heavy atom. The van der Waals surface area contributed by atoms with Crippen molar-refractivity contribution in [3.05, 3.63) is 36.0 Å². The van der Waals surface area contributed by atoms with Crippen LogP contribution in [-0.2, 0) is 4.79 Å². The normalized spacial score (nSPS) is 11.6. The zero-order valence-corrected chi connectivity index (χ0v) is 20.5. The van der Waals surface area contributed by atoms with E-state index in [2.05, 4.69) is 50.1 Å². The molecule has 3 aromatic rings. The van der Waals surface area contributed by atoms with Crippen molar-refractivity contribution in [1.29, 1.82) is 0 Å². The molecule has 0 fully saturated rings. The summed E-state index contributed by atoms with van der Waals surface area (Å²) in [6.07, 6.45) is 0. The fourth-order valence-corrected chi connectivity index (χ4v) is 6.47. The third-order valence-corrected chi connectivity index (χ3v) is 7.87. The van der Waals surface area contributed by atoms with Gasteiger partial charge in [-0.05, 0) is 25.1 Å². The van der Waals surface area contributed by atoms with Gasteiger partial charge in [0.15, 0.2) is 4.34 Å². The highest BCUT2D eigenvalue weighted by Gasteiger charge is 2.18. The van der Waals surface area contributed by atoms with Crippen LogP contribution in [0.1, 0.15) is 33.4 Å². The standard InChI is InChI=1S/C21H25N3OS4/c1-12(2)27-17-10-14(5)22-20(28-13(3)4)19(17)24-18(25)11-26-21-23-15-8-6-7-9-16(15)29-21/h6-10,12-13H,11H2,1-5H3,(H,24,25). The van der Waals surface area contributed by atoms with Gasteiger partial charge in [-0.15, -0.1) is 34.9 Å². The van der Waals surface area contributed by atoms with E-state index >= 15 is 0 Å². The number of hydrogen-bond acceptors (Lipinski definition) is 7. The van der Waals surface area contributed by atoms with Crippen molar-refractivity contribution in [3.63, 3.8) is 0 Å². The second-order valence-electron chi connectivity index (χ2n) is 7.06. The van der Waals surface area contributed by atoms with Crippen molar-refractivity contribution in [2.24, 2.45) is 0 Å². The van der Waals surface area contributed by atoms with Crippen LogP contribution in [0.5, 0.6) is 0 Å². The summed E-state index contributed by atoms with van der Waals surface area (Å²) in [5.41, 5.74) is 2.79. The summed E-state index contributed by atoms with van der Waals surface area (Å²) >= 11 is 6.54. The van der Waals surface area contributed by atoms with Crippen molar-refractivity contribution in [2.75, 3.05) is 11.1 Å². The number of thiazole rings is 1. The Bertz CT molecular complexity index is 937. The average Bonchev–Trinajstić information content (AvgIpc) is 3.05. The van der Waals surface area contributed by atoms with Crippen LogP contribution in [0.3, 0.4) is 0 Å². The molecule has 0 aliphatic rings. The molecule has 1 N–H and O–H groups in total. The molecule has 0 aliphatic heterocycles. The fourth-order valence-electron chi connectivity index (χ4n) is 2.60. The number of hydrogen-bond donors (Lipinski definition) is 1. The number of rotatable bonds is 8. The molecule has 0 bridgehead atoms. The van der Waals surface area contributed by atoms with E-state index in [-0.39, 0.29) is 5.91 Å². The summed E-state index contributed by atoms with van der Waals surface area (Å²) in [6.45, 7) is 10.6. The number of anilines is 1. The number of carbonyl (C=O) groups is 1. The predicted octanol–water partition coefficient (Wildman–Crippen LogP) is 6.73. The molecule has 3 rings (SSSR count). The molecule has 0 unspecified atom stereocenters. The highest BCUT2D eigenvalue weighted by Crippen LogP contribution is 2.39. The molecule has 0 radical (unpaired) electrons. The van der Waals surface area contributed by atoms with Crippen molar-refractivity contribution in [2.45, 2.75) is 59.4 Å². The summed E-state index contributed by atoms with van der Waals surface area (Å²) in [5.74, 6) is 0.293. The maximum atomic E-state index is 12.8. The minimum Gasteiger partial charge on any atom is -0.322 e. The van der Waals surface area contributed by atoms with Crippen molar-refractivity contribution in [1.82, 2.24) is 9.97 Å². The molecule has 2 aromatic heterocycles. The molecule has 2 heterocycles. The quantitative estimate of drug-likeness (QED) is 0.374. The Kier molecular flexibility index (Phi) is 7.90. The summed E-state index contributed by atoms with van der Waals surface area (Å²) in [7, 11) is 0. The lowest BCUT2D eigenvalue weighted by molar-refractivity contribution is -0.113. The maximum absolute atomic E-state index is 12.8. The van der Waals surface area contributed by atoms with E-state index in [0.717, 1.165) is 35.9 Å². The molecule has 0 atom stereocenters. The van der Waals surface area contributed by atoms with Crippen LogP contribution in [0.2, 0.25) is 0 Å². The first-order valence-electron chi connectivity index (χ1n) is 9.45. The number of benzene rings is 1. The molecule has 0 saturated carbocycles. The van der Waals surface area contributed by atoms with Gasteiger partial charge in [0, 0.05) is 21.1 Å². The van der Waals surface area contributed by atoms with E-state index in [0.29, 0.717) is 16.3 Å². The van der Waals surface area contributed by atoms with Gasteiger partial charge in [0.1, 0.15) is 5.03 Å². The smallest absolute Gasteiger partial charge is 0.234 e. The summed E-state index contributed by atoms with van der Waals surface area (Å²) < 4.78 is 2.06. The third kappa shape index (κ3) is 6.38. The lowest BCUT2D eigenvalue weighted by Crippen LogP contribution is -2.16. The number of thioether (sulfide) groups is 3. The number of nitrogens with one attached hydrogen (secondary N) is 1.